The van der Waals surface area contributed by atoms with Crippen molar-refractivity contribution in [2.45, 2.75) is 12.5 Å². The second-order valence-corrected chi connectivity index (χ2v) is 3.57. The zero-order valence-electron chi connectivity index (χ0n) is 7.07. The van der Waals surface area contributed by atoms with Crippen LogP contribution in [0.5, 0.6) is 0 Å². The number of carbonyl (C=O) groups excluding carboxylic acids is 1. The molecule has 3 heteroatoms. The first-order valence-corrected chi connectivity index (χ1v) is 4.26. The molecule has 2 rings (SSSR count). The Morgan fingerprint density at radius 2 is 2.17 bits per heavy atom. The molecule has 0 aliphatic heterocycles. The molecule has 0 aromatic rings. The first kappa shape index (κ1) is 7.80. The summed E-state index contributed by atoms with van der Waals surface area (Å²) in [5.41, 5.74) is 5.89. The van der Waals surface area contributed by atoms with Crippen LogP contribution in [0.25, 0.3) is 0 Å². The van der Waals surface area contributed by atoms with E-state index in [1.807, 2.05) is 0 Å². The molecular weight excluding hydrogens is 154 g/mol. The Morgan fingerprint density at radius 3 is 2.67 bits per heavy atom. The lowest BCUT2D eigenvalue weighted by molar-refractivity contribution is -0.146. The molecule has 2 aliphatic carbocycles. The molecule has 0 aromatic carbocycles. The molecule has 0 spiro atoms. The summed E-state index contributed by atoms with van der Waals surface area (Å²) in [7, 11) is 1.42. The Morgan fingerprint density at radius 1 is 1.50 bits per heavy atom. The van der Waals surface area contributed by atoms with E-state index in [4.69, 9.17) is 10.5 Å². The minimum absolute atomic E-state index is 0.0209. The molecule has 2 N–H and O–H groups in total. The van der Waals surface area contributed by atoms with Gasteiger partial charge in [-0.1, -0.05) is 12.2 Å². The second kappa shape index (κ2) is 2.59. The van der Waals surface area contributed by atoms with Crippen LogP contribution < -0.4 is 5.73 Å². The molecule has 0 heterocycles. The van der Waals surface area contributed by atoms with Gasteiger partial charge in [0.2, 0.25) is 0 Å². The Hall–Kier alpha value is -0.830. The predicted molar refractivity (Wildman–Crippen MR) is 44.2 cm³/mol. The van der Waals surface area contributed by atoms with E-state index in [2.05, 4.69) is 12.2 Å². The molecule has 2 bridgehead atoms. The minimum Gasteiger partial charge on any atom is -0.469 e. The van der Waals surface area contributed by atoms with Gasteiger partial charge in [0.1, 0.15) is 0 Å². The zero-order valence-corrected chi connectivity index (χ0v) is 7.07. The van der Waals surface area contributed by atoms with Gasteiger partial charge in [0.15, 0.2) is 0 Å². The van der Waals surface area contributed by atoms with Crippen molar-refractivity contribution in [1.82, 2.24) is 0 Å². The second-order valence-electron chi connectivity index (χ2n) is 3.57. The summed E-state index contributed by atoms with van der Waals surface area (Å²) in [5, 5.41) is 0. The van der Waals surface area contributed by atoms with Crippen LogP contribution in [-0.2, 0) is 9.53 Å². The summed E-state index contributed by atoms with van der Waals surface area (Å²) in [5.74, 6) is 0.487. The molecular formula is C9H13NO2. The highest BCUT2D eigenvalue weighted by Gasteiger charge is 2.46. The maximum absolute atomic E-state index is 11.3. The van der Waals surface area contributed by atoms with E-state index in [0.29, 0.717) is 11.8 Å². The molecule has 0 radical (unpaired) electrons. The van der Waals surface area contributed by atoms with Crippen LogP contribution >= 0.6 is 0 Å². The van der Waals surface area contributed by atoms with Gasteiger partial charge in [-0.3, -0.25) is 4.79 Å². The average Bonchev–Trinajstić information content (AvgIpc) is 2.63. The summed E-state index contributed by atoms with van der Waals surface area (Å²) in [6, 6.07) is -0.0209. The van der Waals surface area contributed by atoms with Crippen molar-refractivity contribution in [2.24, 2.45) is 23.5 Å². The lowest BCUT2D eigenvalue weighted by atomic mass is 9.90. The standard InChI is InChI=1S/C9H13NO2/c1-12-9(11)7-5-2-3-6(4-5)8(7)10/h2-3,5-8H,4,10H2,1H3. The molecule has 1 fully saturated rings. The van der Waals surface area contributed by atoms with Crippen LogP contribution in [0.4, 0.5) is 0 Å². The fourth-order valence-corrected chi connectivity index (χ4v) is 2.33. The average molecular weight is 167 g/mol. The van der Waals surface area contributed by atoms with E-state index < -0.39 is 0 Å². The third-order valence-electron chi connectivity index (χ3n) is 2.99. The molecule has 12 heavy (non-hydrogen) atoms. The first-order chi connectivity index (χ1) is 5.74. The molecule has 4 unspecified atom stereocenters. The maximum atomic E-state index is 11.3. The third-order valence-corrected chi connectivity index (χ3v) is 2.99. The number of rotatable bonds is 1. The van der Waals surface area contributed by atoms with Crippen LogP contribution in [0.2, 0.25) is 0 Å². The Bertz CT molecular complexity index is 237. The van der Waals surface area contributed by atoms with Crippen LogP contribution in [0, 0.1) is 17.8 Å². The van der Waals surface area contributed by atoms with Gasteiger partial charge < -0.3 is 10.5 Å². The zero-order chi connectivity index (χ0) is 8.72. The van der Waals surface area contributed by atoms with Crippen molar-refractivity contribution in [3.63, 3.8) is 0 Å². The number of ether oxygens (including phenoxy) is 1. The SMILES string of the molecule is COC(=O)C1C2C=CC(C2)C1N. The largest absolute Gasteiger partial charge is 0.469 e. The van der Waals surface area contributed by atoms with Crippen molar-refractivity contribution < 1.29 is 9.53 Å². The van der Waals surface area contributed by atoms with Crippen LogP contribution in [-0.4, -0.2) is 19.1 Å². The fourth-order valence-electron chi connectivity index (χ4n) is 2.33. The van der Waals surface area contributed by atoms with Crippen molar-refractivity contribution >= 4 is 5.97 Å². The summed E-state index contributed by atoms with van der Waals surface area (Å²) in [4.78, 5) is 11.3. The molecule has 0 amide bonds. The first-order valence-electron chi connectivity index (χ1n) is 4.26. The van der Waals surface area contributed by atoms with Crippen LogP contribution in [0.15, 0.2) is 12.2 Å². The number of carbonyl (C=O) groups is 1. The van der Waals surface area contributed by atoms with Gasteiger partial charge in [-0.15, -0.1) is 0 Å². The smallest absolute Gasteiger partial charge is 0.310 e. The van der Waals surface area contributed by atoms with Gasteiger partial charge in [0.05, 0.1) is 13.0 Å². The van der Waals surface area contributed by atoms with E-state index in [9.17, 15) is 4.79 Å². The molecule has 0 saturated heterocycles. The van der Waals surface area contributed by atoms with Gasteiger partial charge in [-0.05, 0) is 18.3 Å². The fraction of sp³-hybridized carbons (Fsp3) is 0.667. The number of allylic oxidation sites excluding steroid dienone is 1. The predicted octanol–water partition coefficient (Wildman–Crippen LogP) is 0.309. The quantitative estimate of drug-likeness (QED) is 0.451. The molecule has 66 valence electrons. The molecule has 1 saturated carbocycles. The lowest BCUT2D eigenvalue weighted by Gasteiger charge is -2.21. The highest BCUT2D eigenvalue weighted by molar-refractivity contribution is 5.75. The summed E-state index contributed by atoms with van der Waals surface area (Å²) in [6.07, 6.45) is 5.24. The van der Waals surface area contributed by atoms with E-state index in [0.717, 1.165) is 6.42 Å². The monoisotopic (exact) mass is 167 g/mol. The molecule has 0 aromatic heterocycles. The Labute approximate surface area is 71.6 Å². The number of fused-ring (bicyclic) bond motifs is 2. The number of methoxy groups -OCH3 is 1. The summed E-state index contributed by atoms with van der Waals surface area (Å²) >= 11 is 0. The molecule has 2 aliphatic rings. The van der Waals surface area contributed by atoms with Crippen LogP contribution in [0.3, 0.4) is 0 Å². The van der Waals surface area contributed by atoms with Crippen molar-refractivity contribution in [3.8, 4) is 0 Å². The number of hydrogen-bond acceptors (Lipinski definition) is 3. The van der Waals surface area contributed by atoms with Gasteiger partial charge in [-0.2, -0.15) is 0 Å². The molecule has 3 nitrogen and oxygen atoms in total. The Kier molecular flexibility index (Phi) is 1.68. The van der Waals surface area contributed by atoms with E-state index in [-0.39, 0.29) is 17.9 Å². The summed E-state index contributed by atoms with van der Waals surface area (Å²) in [6.45, 7) is 0. The third kappa shape index (κ3) is 0.894. The van der Waals surface area contributed by atoms with Gasteiger partial charge in [0.25, 0.3) is 0 Å². The Balaban J connectivity index is 2.18. The van der Waals surface area contributed by atoms with Crippen molar-refractivity contribution in [2.75, 3.05) is 7.11 Å². The van der Waals surface area contributed by atoms with E-state index in [1.165, 1.54) is 7.11 Å². The number of nitrogens with two attached hydrogens (primary N) is 1. The highest BCUT2D eigenvalue weighted by atomic mass is 16.5. The summed E-state index contributed by atoms with van der Waals surface area (Å²) < 4.78 is 4.70. The minimum atomic E-state index is -0.153. The van der Waals surface area contributed by atoms with Crippen molar-refractivity contribution in [1.29, 1.82) is 0 Å². The maximum Gasteiger partial charge on any atom is 0.310 e. The highest BCUT2D eigenvalue weighted by Crippen LogP contribution is 2.42. The van der Waals surface area contributed by atoms with Gasteiger partial charge in [0, 0.05) is 6.04 Å². The van der Waals surface area contributed by atoms with E-state index >= 15 is 0 Å². The molecule has 4 atom stereocenters. The van der Waals surface area contributed by atoms with Gasteiger partial charge in [-0.25, -0.2) is 0 Å². The lowest BCUT2D eigenvalue weighted by Crippen LogP contribution is -2.39. The van der Waals surface area contributed by atoms with Crippen molar-refractivity contribution in [3.05, 3.63) is 12.2 Å². The number of hydrogen-bond donors (Lipinski definition) is 1. The van der Waals surface area contributed by atoms with Crippen LogP contribution in [0.1, 0.15) is 6.42 Å². The van der Waals surface area contributed by atoms with Gasteiger partial charge >= 0.3 is 5.97 Å². The number of esters is 1. The normalized spacial score (nSPS) is 43.5. The van der Waals surface area contributed by atoms with E-state index in [1.54, 1.807) is 0 Å². The topological polar surface area (TPSA) is 52.3 Å².